The van der Waals surface area contributed by atoms with Gasteiger partial charge in [-0.05, 0) is 0 Å². The minimum atomic E-state index is -0.389. The molecule has 0 atom stereocenters. The van der Waals surface area contributed by atoms with Gasteiger partial charge in [-0.3, -0.25) is 0 Å². The summed E-state index contributed by atoms with van der Waals surface area (Å²) in [5.74, 6) is 0. The number of rotatable bonds is 0. The Hall–Kier alpha value is 2.20. The average Bonchev–Trinajstić information content (AvgIpc) is 0.918. The van der Waals surface area contributed by atoms with Crippen LogP contribution in [-0.2, 0) is 43.8 Å². The van der Waals surface area contributed by atoms with Crippen molar-refractivity contribution in [2.75, 3.05) is 0 Å². The molecule has 0 unspecified atom stereocenters. The second kappa shape index (κ2) is 8.96. The van der Waals surface area contributed by atoms with Gasteiger partial charge in [0.25, 0.3) is 0 Å². The Morgan fingerprint density at radius 3 is 1.25 bits per heavy atom. The molecule has 29 valence electrons. The smallest absolute Gasteiger partial charge is 0 e. The summed E-state index contributed by atoms with van der Waals surface area (Å²) in [5.41, 5.74) is 0. The SMILES string of the molecule is [Cl][Au][Cl].[Zr]. The molecule has 0 saturated heterocycles. The fourth-order valence-corrected chi connectivity index (χ4v) is 0. The number of hydrogen-bond donors (Lipinski definition) is 0. The van der Waals surface area contributed by atoms with E-state index in [1.165, 1.54) is 0 Å². The van der Waals surface area contributed by atoms with Gasteiger partial charge in [0.15, 0.2) is 0 Å². The van der Waals surface area contributed by atoms with E-state index in [0.29, 0.717) is 0 Å². The van der Waals surface area contributed by atoms with E-state index in [2.05, 4.69) is 0 Å². The van der Waals surface area contributed by atoms with Gasteiger partial charge >= 0.3 is 36.0 Å². The van der Waals surface area contributed by atoms with E-state index in [-0.39, 0.29) is 43.8 Å². The van der Waals surface area contributed by atoms with Crippen LogP contribution in [0.25, 0.3) is 0 Å². The summed E-state index contributed by atoms with van der Waals surface area (Å²) in [5, 5.41) is 0. The topological polar surface area (TPSA) is 0 Å². The van der Waals surface area contributed by atoms with Gasteiger partial charge < -0.3 is 0 Å². The first-order chi connectivity index (χ1) is 1.41. The molecule has 0 aromatic carbocycles. The maximum absolute atomic E-state index is 4.86. The van der Waals surface area contributed by atoms with Crippen molar-refractivity contribution in [2.45, 2.75) is 0 Å². The second-order valence-electron chi connectivity index (χ2n) is 0.0431. The maximum atomic E-state index is 4.86. The number of hydrogen-bond acceptors (Lipinski definition) is 0. The van der Waals surface area contributed by atoms with Gasteiger partial charge in [0.1, 0.15) is 0 Å². The molecule has 0 aromatic rings. The molecule has 0 bridgehead atoms. The first-order valence-corrected chi connectivity index (χ1v) is 5.60. The molecule has 0 fully saturated rings. The van der Waals surface area contributed by atoms with Crippen molar-refractivity contribution in [1.29, 1.82) is 0 Å². The van der Waals surface area contributed by atoms with Crippen molar-refractivity contribution in [1.82, 2.24) is 0 Å². The third kappa shape index (κ3) is 8.88. The predicted molar refractivity (Wildman–Crippen MR) is 11.7 cm³/mol. The maximum Gasteiger partial charge on any atom is 0 e. The summed E-state index contributed by atoms with van der Waals surface area (Å²) in [4.78, 5) is 0. The summed E-state index contributed by atoms with van der Waals surface area (Å²) in [7, 11) is 9.72. The Kier molecular flexibility index (Phi) is 21.3. The standard InChI is InChI=1S/Au.2ClH.Zr/h;2*1H;/q+2;;;/p-2. The van der Waals surface area contributed by atoms with E-state index in [0.717, 1.165) is 0 Å². The molecule has 0 aliphatic carbocycles. The van der Waals surface area contributed by atoms with Crippen LogP contribution in [0.2, 0.25) is 0 Å². The first kappa shape index (κ1) is 9.51. The van der Waals surface area contributed by atoms with Crippen molar-refractivity contribution in [3.63, 3.8) is 0 Å². The molecule has 0 rings (SSSR count). The third-order valence-corrected chi connectivity index (χ3v) is 0. The van der Waals surface area contributed by atoms with E-state index in [9.17, 15) is 0 Å². The van der Waals surface area contributed by atoms with Crippen LogP contribution in [0.1, 0.15) is 0 Å². The van der Waals surface area contributed by atoms with E-state index in [4.69, 9.17) is 18.4 Å². The zero-order valence-electron chi connectivity index (χ0n) is 1.56. The largest absolute Gasteiger partial charge is 0 e. The molecule has 0 aliphatic heterocycles. The zero-order chi connectivity index (χ0) is 2.71. The normalized spacial score (nSPS) is 5.50. The van der Waals surface area contributed by atoms with Gasteiger partial charge in [0, 0.05) is 26.2 Å². The van der Waals surface area contributed by atoms with Crippen LogP contribution < -0.4 is 0 Å². The summed E-state index contributed by atoms with van der Waals surface area (Å²) >= 11 is -0.389. The van der Waals surface area contributed by atoms with Crippen molar-refractivity contribution >= 4 is 18.4 Å². The van der Waals surface area contributed by atoms with Gasteiger partial charge in [-0.25, -0.2) is 0 Å². The molecule has 0 amide bonds. The molecular weight excluding hydrogens is 359 g/mol. The predicted octanol–water partition coefficient (Wildman–Crippen LogP) is 1.37. The van der Waals surface area contributed by atoms with Gasteiger partial charge in [-0.15, -0.1) is 0 Å². The molecule has 0 nitrogen and oxygen atoms in total. The quantitative estimate of drug-likeness (QED) is 0.574. The van der Waals surface area contributed by atoms with Crippen LogP contribution in [0.5, 0.6) is 0 Å². The molecule has 0 N–H and O–H groups in total. The summed E-state index contributed by atoms with van der Waals surface area (Å²) < 4.78 is 0. The van der Waals surface area contributed by atoms with Crippen molar-refractivity contribution < 1.29 is 43.8 Å². The van der Waals surface area contributed by atoms with Gasteiger partial charge in [-0.2, -0.15) is 0 Å². The van der Waals surface area contributed by atoms with Crippen LogP contribution in [0.3, 0.4) is 0 Å². The first-order valence-electron chi connectivity index (χ1n) is 0.228. The van der Waals surface area contributed by atoms with Crippen LogP contribution in [0, 0.1) is 0 Å². The molecule has 4 heteroatoms. The van der Waals surface area contributed by atoms with E-state index < -0.39 is 0 Å². The minimum Gasteiger partial charge on any atom is 0 e. The average molecular weight is 359 g/mol. The van der Waals surface area contributed by atoms with Crippen LogP contribution in [-0.4, -0.2) is 0 Å². The molecule has 0 spiro atoms. The second-order valence-corrected chi connectivity index (χ2v) is 3.17. The van der Waals surface area contributed by atoms with Gasteiger partial charge in [0.2, 0.25) is 0 Å². The number of halogens is 2. The summed E-state index contributed by atoms with van der Waals surface area (Å²) in [6, 6.07) is 0. The van der Waals surface area contributed by atoms with Gasteiger partial charge in [0.05, 0.1) is 0 Å². The minimum absolute atomic E-state index is 0. The molecular formula is AuCl2Zr. The summed E-state index contributed by atoms with van der Waals surface area (Å²) in [6.07, 6.45) is 0. The molecule has 0 heterocycles. The Labute approximate surface area is 61.3 Å². The Morgan fingerprint density at radius 1 is 1.25 bits per heavy atom. The molecule has 0 saturated carbocycles. The monoisotopic (exact) mass is 357 g/mol. The fraction of sp³-hybridized carbons (Fsp3) is 0. The van der Waals surface area contributed by atoms with Crippen molar-refractivity contribution in [2.24, 2.45) is 0 Å². The molecule has 0 aliphatic rings. The van der Waals surface area contributed by atoms with Crippen LogP contribution >= 0.6 is 18.4 Å². The van der Waals surface area contributed by atoms with E-state index in [1.807, 2.05) is 0 Å². The molecule has 0 aromatic heterocycles. The van der Waals surface area contributed by atoms with Crippen LogP contribution in [0.15, 0.2) is 0 Å². The van der Waals surface area contributed by atoms with Crippen LogP contribution in [0.4, 0.5) is 0 Å². The Morgan fingerprint density at radius 2 is 1.25 bits per heavy atom. The molecule has 4 heavy (non-hydrogen) atoms. The Balaban J connectivity index is 0. The van der Waals surface area contributed by atoms with Gasteiger partial charge in [-0.1, -0.05) is 0 Å². The van der Waals surface area contributed by atoms with Crippen molar-refractivity contribution in [3.05, 3.63) is 0 Å². The third-order valence-electron chi connectivity index (χ3n) is 0. The van der Waals surface area contributed by atoms with Crippen molar-refractivity contribution in [3.8, 4) is 0 Å². The Bertz CT molecular complexity index is 6.00. The van der Waals surface area contributed by atoms with E-state index >= 15 is 0 Å². The fourth-order valence-electron chi connectivity index (χ4n) is 0. The summed E-state index contributed by atoms with van der Waals surface area (Å²) in [6.45, 7) is 0. The van der Waals surface area contributed by atoms with E-state index in [1.54, 1.807) is 0 Å². The zero-order valence-corrected chi connectivity index (χ0v) is 7.69. The molecule has 0 radical (unpaired) electrons.